The summed E-state index contributed by atoms with van der Waals surface area (Å²) >= 11 is 1.71. The summed E-state index contributed by atoms with van der Waals surface area (Å²) < 4.78 is 0. The molecular formula is C13H18O2S. The van der Waals surface area contributed by atoms with Gasteiger partial charge in [0.25, 0.3) is 0 Å². The lowest BCUT2D eigenvalue weighted by Gasteiger charge is -2.24. The van der Waals surface area contributed by atoms with E-state index in [9.17, 15) is 4.79 Å². The summed E-state index contributed by atoms with van der Waals surface area (Å²) in [7, 11) is 0. The standard InChI is InChI=1S/C13H18O2S/c1-9-7-10(5-6-11(9)16-4)13(2,3)8-12(14)15/h5-7H,8H2,1-4H3,(H,14,15). The van der Waals surface area contributed by atoms with Crippen LogP contribution in [-0.4, -0.2) is 17.3 Å². The molecule has 0 heterocycles. The lowest BCUT2D eigenvalue weighted by atomic mass is 9.81. The summed E-state index contributed by atoms with van der Waals surface area (Å²) in [6.07, 6.45) is 2.20. The molecule has 0 bridgehead atoms. The first-order valence-electron chi connectivity index (χ1n) is 5.24. The van der Waals surface area contributed by atoms with Gasteiger partial charge in [-0.05, 0) is 30.4 Å². The fourth-order valence-corrected chi connectivity index (χ4v) is 2.36. The topological polar surface area (TPSA) is 37.3 Å². The van der Waals surface area contributed by atoms with E-state index >= 15 is 0 Å². The predicted octanol–water partition coefficient (Wildman–Crippen LogP) is 3.47. The Bertz CT molecular complexity index is 397. The van der Waals surface area contributed by atoms with E-state index in [1.807, 2.05) is 26.2 Å². The third-order valence-electron chi connectivity index (χ3n) is 2.77. The van der Waals surface area contributed by atoms with Crippen LogP contribution < -0.4 is 0 Å². The third kappa shape index (κ3) is 3.01. The first-order valence-corrected chi connectivity index (χ1v) is 6.46. The molecule has 1 aromatic rings. The molecule has 0 unspecified atom stereocenters. The van der Waals surface area contributed by atoms with Gasteiger partial charge in [-0.3, -0.25) is 4.79 Å². The van der Waals surface area contributed by atoms with Gasteiger partial charge < -0.3 is 5.11 Å². The Balaban J connectivity index is 3.04. The van der Waals surface area contributed by atoms with E-state index in [4.69, 9.17) is 5.11 Å². The number of carboxylic acid groups (broad SMARTS) is 1. The average Bonchev–Trinajstić information content (AvgIpc) is 2.15. The Kier molecular flexibility index (Phi) is 4.03. The zero-order valence-corrected chi connectivity index (χ0v) is 11.0. The van der Waals surface area contributed by atoms with Gasteiger partial charge in [0, 0.05) is 10.3 Å². The molecule has 0 spiro atoms. The maximum absolute atomic E-state index is 10.8. The molecule has 0 amide bonds. The molecule has 0 aromatic heterocycles. The Morgan fingerprint density at radius 2 is 2.06 bits per heavy atom. The van der Waals surface area contributed by atoms with Gasteiger partial charge in [-0.25, -0.2) is 0 Å². The Hall–Kier alpha value is -0.960. The molecule has 2 nitrogen and oxygen atoms in total. The van der Waals surface area contributed by atoms with E-state index in [1.54, 1.807) is 11.8 Å². The summed E-state index contributed by atoms with van der Waals surface area (Å²) in [5, 5.41) is 8.88. The van der Waals surface area contributed by atoms with Crippen LogP contribution in [0, 0.1) is 6.92 Å². The Labute approximate surface area is 101 Å². The van der Waals surface area contributed by atoms with Crippen LogP contribution in [0.1, 0.15) is 31.4 Å². The first-order chi connectivity index (χ1) is 7.36. The second-order valence-electron chi connectivity index (χ2n) is 4.64. The molecule has 0 saturated carbocycles. The van der Waals surface area contributed by atoms with E-state index in [2.05, 4.69) is 19.1 Å². The van der Waals surface area contributed by atoms with Gasteiger partial charge >= 0.3 is 5.97 Å². The molecule has 0 fully saturated rings. The molecule has 1 N–H and O–H groups in total. The average molecular weight is 238 g/mol. The highest BCUT2D eigenvalue weighted by Gasteiger charge is 2.24. The van der Waals surface area contributed by atoms with Gasteiger partial charge in [-0.15, -0.1) is 11.8 Å². The predicted molar refractivity (Wildman–Crippen MR) is 68.2 cm³/mol. The number of aryl methyl sites for hydroxylation is 1. The summed E-state index contributed by atoms with van der Waals surface area (Å²) in [6, 6.07) is 6.19. The van der Waals surface area contributed by atoms with E-state index in [0.29, 0.717) is 0 Å². The summed E-state index contributed by atoms with van der Waals surface area (Å²) in [4.78, 5) is 12.0. The SMILES string of the molecule is CSc1ccc(C(C)(C)CC(=O)O)cc1C. The molecule has 0 saturated heterocycles. The van der Waals surface area contributed by atoms with Crippen LogP contribution in [0.2, 0.25) is 0 Å². The zero-order chi connectivity index (χ0) is 12.3. The number of thioether (sulfide) groups is 1. The smallest absolute Gasteiger partial charge is 0.304 e. The van der Waals surface area contributed by atoms with Crippen molar-refractivity contribution in [3.63, 3.8) is 0 Å². The van der Waals surface area contributed by atoms with Crippen molar-refractivity contribution in [1.82, 2.24) is 0 Å². The lowest BCUT2D eigenvalue weighted by molar-refractivity contribution is -0.138. The molecule has 0 aliphatic carbocycles. The number of carbonyl (C=O) groups is 1. The third-order valence-corrected chi connectivity index (χ3v) is 3.67. The van der Waals surface area contributed by atoms with Gasteiger partial charge in [-0.1, -0.05) is 26.0 Å². The fourth-order valence-electron chi connectivity index (χ4n) is 1.78. The van der Waals surface area contributed by atoms with Crippen LogP contribution >= 0.6 is 11.8 Å². The van der Waals surface area contributed by atoms with Gasteiger partial charge in [0.05, 0.1) is 6.42 Å². The summed E-state index contributed by atoms with van der Waals surface area (Å²) in [5.41, 5.74) is 1.99. The number of benzene rings is 1. The van der Waals surface area contributed by atoms with Crippen LogP contribution in [0.5, 0.6) is 0 Å². The van der Waals surface area contributed by atoms with Crippen molar-refractivity contribution in [1.29, 1.82) is 0 Å². The van der Waals surface area contributed by atoms with Gasteiger partial charge in [0.1, 0.15) is 0 Å². The molecule has 0 atom stereocenters. The molecule has 88 valence electrons. The molecular weight excluding hydrogens is 220 g/mol. The number of rotatable bonds is 4. The van der Waals surface area contributed by atoms with Crippen molar-refractivity contribution in [2.75, 3.05) is 6.26 Å². The van der Waals surface area contributed by atoms with Crippen molar-refractivity contribution in [3.05, 3.63) is 29.3 Å². The van der Waals surface area contributed by atoms with Crippen molar-refractivity contribution >= 4 is 17.7 Å². The summed E-state index contributed by atoms with van der Waals surface area (Å²) in [6.45, 7) is 6.00. The van der Waals surface area contributed by atoms with Crippen LogP contribution in [0.4, 0.5) is 0 Å². The monoisotopic (exact) mass is 238 g/mol. The molecule has 0 aliphatic rings. The Morgan fingerprint density at radius 3 is 2.50 bits per heavy atom. The van der Waals surface area contributed by atoms with Crippen molar-refractivity contribution in [3.8, 4) is 0 Å². The number of hydrogen-bond acceptors (Lipinski definition) is 2. The lowest BCUT2D eigenvalue weighted by Crippen LogP contribution is -2.21. The van der Waals surface area contributed by atoms with E-state index < -0.39 is 5.97 Å². The van der Waals surface area contributed by atoms with Crippen LogP contribution in [-0.2, 0) is 10.2 Å². The number of carboxylic acids is 1. The minimum absolute atomic E-state index is 0.158. The first kappa shape index (κ1) is 13.1. The molecule has 0 aliphatic heterocycles. The number of hydrogen-bond donors (Lipinski definition) is 1. The van der Waals surface area contributed by atoms with E-state index in [0.717, 1.165) is 5.56 Å². The van der Waals surface area contributed by atoms with Gasteiger partial charge in [-0.2, -0.15) is 0 Å². The zero-order valence-electron chi connectivity index (χ0n) is 10.2. The second kappa shape index (κ2) is 4.91. The molecule has 1 rings (SSSR count). The van der Waals surface area contributed by atoms with Crippen molar-refractivity contribution in [2.45, 2.75) is 37.5 Å². The highest BCUT2D eigenvalue weighted by atomic mass is 32.2. The summed E-state index contributed by atoms with van der Waals surface area (Å²) in [5.74, 6) is -0.753. The van der Waals surface area contributed by atoms with E-state index in [-0.39, 0.29) is 11.8 Å². The maximum Gasteiger partial charge on any atom is 0.304 e. The molecule has 0 radical (unpaired) electrons. The Morgan fingerprint density at radius 1 is 1.44 bits per heavy atom. The minimum Gasteiger partial charge on any atom is -0.481 e. The van der Waals surface area contributed by atoms with Crippen LogP contribution in [0.3, 0.4) is 0 Å². The molecule has 3 heteroatoms. The van der Waals surface area contributed by atoms with Gasteiger partial charge in [0.15, 0.2) is 0 Å². The highest BCUT2D eigenvalue weighted by molar-refractivity contribution is 7.98. The van der Waals surface area contributed by atoms with Crippen LogP contribution in [0.25, 0.3) is 0 Å². The molecule has 1 aromatic carbocycles. The minimum atomic E-state index is -0.753. The normalized spacial score (nSPS) is 11.5. The maximum atomic E-state index is 10.8. The molecule has 16 heavy (non-hydrogen) atoms. The second-order valence-corrected chi connectivity index (χ2v) is 5.49. The largest absolute Gasteiger partial charge is 0.481 e. The quantitative estimate of drug-likeness (QED) is 0.816. The fraction of sp³-hybridized carbons (Fsp3) is 0.462. The van der Waals surface area contributed by atoms with Crippen molar-refractivity contribution in [2.24, 2.45) is 0 Å². The van der Waals surface area contributed by atoms with Crippen LogP contribution in [0.15, 0.2) is 23.1 Å². The van der Waals surface area contributed by atoms with Crippen molar-refractivity contribution < 1.29 is 9.90 Å². The highest BCUT2D eigenvalue weighted by Crippen LogP contribution is 2.30. The van der Waals surface area contributed by atoms with E-state index in [1.165, 1.54) is 10.5 Å². The van der Waals surface area contributed by atoms with Gasteiger partial charge in [0.2, 0.25) is 0 Å². The number of aliphatic carboxylic acids is 1.